The highest BCUT2D eigenvalue weighted by molar-refractivity contribution is 7.89. The van der Waals surface area contributed by atoms with Crippen LogP contribution in [0.25, 0.3) is 0 Å². The van der Waals surface area contributed by atoms with Crippen molar-refractivity contribution in [3.05, 3.63) is 24.3 Å². The van der Waals surface area contributed by atoms with Gasteiger partial charge in [-0.1, -0.05) is 0 Å². The van der Waals surface area contributed by atoms with Gasteiger partial charge in [0.05, 0.1) is 4.90 Å². The van der Waals surface area contributed by atoms with Crippen LogP contribution < -0.4 is 5.32 Å². The van der Waals surface area contributed by atoms with Gasteiger partial charge in [-0.2, -0.15) is 0 Å². The van der Waals surface area contributed by atoms with Gasteiger partial charge in [0, 0.05) is 32.8 Å². The van der Waals surface area contributed by atoms with Crippen molar-refractivity contribution < 1.29 is 18.3 Å². The Kier molecular flexibility index (Phi) is 5.46. The molecule has 0 aliphatic heterocycles. The minimum absolute atomic E-state index is 0.0343. The number of amides is 1. The summed E-state index contributed by atoms with van der Waals surface area (Å²) < 4.78 is 24.8. The summed E-state index contributed by atoms with van der Waals surface area (Å²) in [4.78, 5) is 11.6. The van der Waals surface area contributed by atoms with E-state index in [1.54, 1.807) is 0 Å². The van der Waals surface area contributed by atoms with Crippen molar-refractivity contribution in [1.82, 2.24) is 4.31 Å². The number of aliphatic hydroxyl groups excluding tert-OH is 1. The summed E-state index contributed by atoms with van der Waals surface area (Å²) >= 11 is 0. The van der Waals surface area contributed by atoms with E-state index < -0.39 is 10.0 Å². The molecule has 0 saturated heterocycles. The van der Waals surface area contributed by atoms with Crippen LogP contribution in [0.5, 0.6) is 0 Å². The van der Waals surface area contributed by atoms with Crippen molar-refractivity contribution in [3.63, 3.8) is 0 Å². The number of anilines is 1. The summed E-state index contributed by atoms with van der Waals surface area (Å²) in [6, 6.07) is 5.95. The lowest BCUT2D eigenvalue weighted by Gasteiger charge is -2.12. The first kappa shape index (κ1) is 15.6. The smallest absolute Gasteiger partial charge is 0.242 e. The van der Waals surface area contributed by atoms with Crippen molar-refractivity contribution >= 4 is 21.6 Å². The number of rotatable bonds is 6. The van der Waals surface area contributed by atoms with Crippen LogP contribution >= 0.6 is 0 Å². The zero-order valence-corrected chi connectivity index (χ0v) is 11.8. The number of nitrogens with one attached hydrogen (secondary N) is 1. The molecule has 0 fully saturated rings. The van der Waals surface area contributed by atoms with Gasteiger partial charge in [0.2, 0.25) is 15.9 Å². The molecule has 0 radical (unpaired) electrons. The van der Waals surface area contributed by atoms with Crippen molar-refractivity contribution in [1.29, 1.82) is 0 Å². The molecule has 1 amide bonds. The number of aliphatic hydroxyl groups is 1. The molecule has 2 N–H and O–H groups in total. The number of hydrogen-bond acceptors (Lipinski definition) is 4. The zero-order chi connectivity index (χ0) is 14.5. The number of carbonyl (C=O) groups excluding carboxylic acids is 1. The van der Waals surface area contributed by atoms with Gasteiger partial charge >= 0.3 is 0 Å². The van der Waals surface area contributed by atoms with Gasteiger partial charge in [-0.3, -0.25) is 4.79 Å². The van der Waals surface area contributed by atoms with E-state index in [1.165, 1.54) is 38.4 Å². The SMILES string of the molecule is CN(C)S(=O)(=O)c1ccc(NC(=O)CCCO)cc1. The molecule has 0 heterocycles. The van der Waals surface area contributed by atoms with Crippen molar-refractivity contribution in [2.45, 2.75) is 17.7 Å². The van der Waals surface area contributed by atoms with Gasteiger partial charge in [0.15, 0.2) is 0 Å². The number of nitrogens with zero attached hydrogens (tertiary/aromatic N) is 1. The van der Waals surface area contributed by atoms with E-state index >= 15 is 0 Å². The summed E-state index contributed by atoms with van der Waals surface area (Å²) in [5.74, 6) is -0.211. The Morgan fingerprint density at radius 1 is 1.26 bits per heavy atom. The van der Waals surface area contributed by atoms with Crippen LogP contribution in [0.4, 0.5) is 5.69 Å². The third-order valence-corrected chi connectivity index (χ3v) is 4.31. The minimum Gasteiger partial charge on any atom is -0.396 e. The predicted octanol–water partition coefficient (Wildman–Crippen LogP) is 0.648. The fourth-order valence-corrected chi connectivity index (χ4v) is 2.29. The second kappa shape index (κ2) is 6.65. The summed E-state index contributed by atoms with van der Waals surface area (Å²) in [6.45, 7) is -0.0343. The summed E-state index contributed by atoms with van der Waals surface area (Å²) in [6.07, 6.45) is 0.632. The maximum absolute atomic E-state index is 11.8. The molecule has 0 spiro atoms. The molecule has 0 saturated carbocycles. The van der Waals surface area contributed by atoms with Crippen LogP contribution in [-0.4, -0.2) is 44.4 Å². The summed E-state index contributed by atoms with van der Waals surface area (Å²) in [7, 11) is -0.532. The molecule has 6 nitrogen and oxygen atoms in total. The number of hydrogen-bond donors (Lipinski definition) is 2. The van der Waals surface area contributed by atoms with E-state index in [4.69, 9.17) is 5.11 Å². The fourth-order valence-electron chi connectivity index (χ4n) is 1.38. The lowest BCUT2D eigenvalue weighted by Crippen LogP contribution is -2.22. The van der Waals surface area contributed by atoms with Crippen LogP contribution in [0.3, 0.4) is 0 Å². The van der Waals surface area contributed by atoms with E-state index in [1.807, 2.05) is 0 Å². The highest BCUT2D eigenvalue weighted by atomic mass is 32.2. The predicted molar refractivity (Wildman–Crippen MR) is 72.3 cm³/mol. The van der Waals surface area contributed by atoms with E-state index in [0.29, 0.717) is 12.1 Å². The zero-order valence-electron chi connectivity index (χ0n) is 11.0. The Bertz CT molecular complexity index is 523. The average Bonchev–Trinajstić information content (AvgIpc) is 2.36. The molecule has 106 valence electrons. The second-order valence-electron chi connectivity index (χ2n) is 4.19. The van der Waals surface area contributed by atoms with Crippen LogP contribution in [0.15, 0.2) is 29.2 Å². The molecular weight excluding hydrogens is 268 g/mol. The minimum atomic E-state index is -3.45. The lowest BCUT2D eigenvalue weighted by atomic mass is 10.3. The van der Waals surface area contributed by atoms with E-state index in [0.717, 1.165) is 4.31 Å². The first-order chi connectivity index (χ1) is 8.87. The molecule has 0 bridgehead atoms. The van der Waals surface area contributed by atoms with Gasteiger partial charge < -0.3 is 10.4 Å². The summed E-state index contributed by atoms with van der Waals surface area (Å²) in [5, 5.41) is 11.2. The van der Waals surface area contributed by atoms with E-state index in [-0.39, 0.29) is 23.8 Å². The van der Waals surface area contributed by atoms with Crippen LogP contribution in [0.2, 0.25) is 0 Å². The molecule has 1 aromatic rings. The average molecular weight is 286 g/mol. The number of benzene rings is 1. The van der Waals surface area contributed by atoms with Gasteiger partial charge in [-0.15, -0.1) is 0 Å². The molecule has 1 aromatic carbocycles. The largest absolute Gasteiger partial charge is 0.396 e. The maximum Gasteiger partial charge on any atom is 0.242 e. The molecule has 0 aliphatic rings. The first-order valence-corrected chi connectivity index (χ1v) is 7.25. The Morgan fingerprint density at radius 2 is 1.84 bits per heavy atom. The standard InChI is InChI=1S/C12H18N2O4S/c1-14(2)19(17,18)11-7-5-10(6-8-11)13-12(16)4-3-9-15/h5-8,15H,3-4,9H2,1-2H3,(H,13,16). The van der Waals surface area contributed by atoms with E-state index in [9.17, 15) is 13.2 Å². The maximum atomic E-state index is 11.8. The van der Waals surface area contributed by atoms with Gasteiger partial charge in [-0.25, -0.2) is 12.7 Å². The Labute approximate surface area is 113 Å². The fraction of sp³-hybridized carbons (Fsp3) is 0.417. The number of sulfonamides is 1. The molecular formula is C12H18N2O4S. The monoisotopic (exact) mass is 286 g/mol. The Morgan fingerprint density at radius 3 is 2.32 bits per heavy atom. The van der Waals surface area contributed by atoms with Crippen LogP contribution in [0, 0.1) is 0 Å². The molecule has 1 rings (SSSR count). The Balaban J connectivity index is 2.75. The van der Waals surface area contributed by atoms with Crippen LogP contribution in [-0.2, 0) is 14.8 Å². The van der Waals surface area contributed by atoms with E-state index in [2.05, 4.69) is 5.32 Å². The van der Waals surface area contributed by atoms with Crippen molar-refractivity contribution in [2.75, 3.05) is 26.0 Å². The highest BCUT2D eigenvalue weighted by Gasteiger charge is 2.16. The molecule has 0 aromatic heterocycles. The summed E-state index contributed by atoms with van der Waals surface area (Å²) in [5.41, 5.74) is 0.528. The topological polar surface area (TPSA) is 86.7 Å². The molecule has 19 heavy (non-hydrogen) atoms. The van der Waals surface area contributed by atoms with Crippen molar-refractivity contribution in [2.24, 2.45) is 0 Å². The van der Waals surface area contributed by atoms with Gasteiger partial charge in [-0.05, 0) is 30.7 Å². The third-order valence-electron chi connectivity index (χ3n) is 2.48. The third kappa shape index (κ3) is 4.30. The molecule has 0 unspecified atom stereocenters. The van der Waals surface area contributed by atoms with Gasteiger partial charge in [0.1, 0.15) is 0 Å². The first-order valence-electron chi connectivity index (χ1n) is 5.81. The normalized spacial score (nSPS) is 11.6. The Hall–Kier alpha value is -1.44. The quantitative estimate of drug-likeness (QED) is 0.804. The molecule has 7 heteroatoms. The number of carbonyl (C=O) groups is 1. The van der Waals surface area contributed by atoms with Crippen molar-refractivity contribution in [3.8, 4) is 0 Å². The highest BCUT2D eigenvalue weighted by Crippen LogP contribution is 2.16. The van der Waals surface area contributed by atoms with Gasteiger partial charge in [0.25, 0.3) is 0 Å². The molecule has 0 atom stereocenters. The van der Waals surface area contributed by atoms with Crippen LogP contribution in [0.1, 0.15) is 12.8 Å². The lowest BCUT2D eigenvalue weighted by molar-refractivity contribution is -0.116. The molecule has 0 aliphatic carbocycles. The second-order valence-corrected chi connectivity index (χ2v) is 6.34.